The highest BCUT2D eigenvalue weighted by atomic mass is 16.3. The van der Waals surface area contributed by atoms with Gasteiger partial charge in [0.05, 0.1) is 0 Å². The van der Waals surface area contributed by atoms with Gasteiger partial charge in [0.15, 0.2) is 0 Å². The van der Waals surface area contributed by atoms with Gasteiger partial charge in [0.2, 0.25) is 0 Å². The maximum Gasteiger partial charge on any atom is 0.143 e. The van der Waals surface area contributed by atoms with E-state index in [1.54, 1.807) is 0 Å². The Morgan fingerprint density at radius 1 is 0.299 bits per heavy atom. The SMILES string of the molecule is CC1(C)c2cc(N(c3ccccc3)c3ccccc3)ccc2-c2ccc(N(c3ccc(-c4cccc5c4oc4ccccc45)cc3)c3ccc(N(c4ccccc4)c4ccccc4)cc3)cc21. The summed E-state index contributed by atoms with van der Waals surface area (Å²) in [5.74, 6) is 0. The summed E-state index contributed by atoms with van der Waals surface area (Å²) in [6.07, 6.45) is 0. The summed E-state index contributed by atoms with van der Waals surface area (Å²) in [5.41, 5.74) is 18.8. The fraction of sp³-hybridized carbons (Fsp3) is 0.0476. The van der Waals surface area contributed by atoms with Crippen molar-refractivity contribution >= 4 is 73.1 Å². The Balaban J connectivity index is 0.961. The summed E-state index contributed by atoms with van der Waals surface area (Å²) >= 11 is 0. The number of fused-ring (bicyclic) bond motifs is 6. The molecule has 0 bridgehead atoms. The summed E-state index contributed by atoms with van der Waals surface area (Å²) in [4.78, 5) is 7.05. The molecule has 10 aromatic carbocycles. The smallest absolute Gasteiger partial charge is 0.143 e. The van der Waals surface area contributed by atoms with Crippen LogP contribution in [0.4, 0.5) is 51.2 Å². The molecule has 4 heteroatoms. The lowest BCUT2D eigenvalue weighted by atomic mass is 9.82. The van der Waals surface area contributed by atoms with Crippen LogP contribution in [0.15, 0.2) is 253 Å². The van der Waals surface area contributed by atoms with Crippen molar-refractivity contribution < 1.29 is 4.42 Å². The second-order valence-electron chi connectivity index (χ2n) is 17.8. The number of nitrogens with zero attached hydrogens (tertiary/aromatic N) is 3. The molecule has 1 aliphatic carbocycles. The third-order valence-electron chi connectivity index (χ3n) is 13.4. The number of furan rings is 1. The van der Waals surface area contributed by atoms with Crippen molar-refractivity contribution in [3.8, 4) is 22.3 Å². The van der Waals surface area contributed by atoms with Crippen molar-refractivity contribution in [2.75, 3.05) is 14.7 Å². The molecule has 1 heterocycles. The summed E-state index contributed by atoms with van der Waals surface area (Å²) < 4.78 is 6.49. The second kappa shape index (κ2) is 16.4. The molecule has 0 spiro atoms. The predicted molar refractivity (Wildman–Crippen MR) is 281 cm³/mol. The van der Waals surface area contributed by atoms with E-state index in [4.69, 9.17) is 4.42 Å². The molecule has 0 saturated heterocycles. The minimum absolute atomic E-state index is 0.272. The second-order valence-corrected chi connectivity index (χ2v) is 17.8. The van der Waals surface area contributed by atoms with Gasteiger partial charge in [-0.1, -0.05) is 147 Å². The van der Waals surface area contributed by atoms with Crippen LogP contribution in [0, 0.1) is 0 Å². The zero-order valence-corrected chi connectivity index (χ0v) is 37.4. The Morgan fingerprint density at radius 2 is 0.657 bits per heavy atom. The zero-order chi connectivity index (χ0) is 44.9. The largest absolute Gasteiger partial charge is 0.455 e. The van der Waals surface area contributed by atoms with Gasteiger partial charge in [-0.3, -0.25) is 0 Å². The van der Waals surface area contributed by atoms with Gasteiger partial charge >= 0.3 is 0 Å². The lowest BCUT2D eigenvalue weighted by Gasteiger charge is -2.30. The van der Waals surface area contributed by atoms with Gasteiger partial charge in [-0.05, 0) is 143 Å². The minimum atomic E-state index is -0.272. The fourth-order valence-corrected chi connectivity index (χ4v) is 10.2. The van der Waals surface area contributed by atoms with E-state index < -0.39 is 0 Å². The molecule has 0 atom stereocenters. The highest BCUT2D eigenvalue weighted by molar-refractivity contribution is 6.09. The number of hydrogen-bond acceptors (Lipinski definition) is 4. The Hall–Kier alpha value is -8.60. The van der Waals surface area contributed by atoms with Crippen molar-refractivity contribution in [1.29, 1.82) is 0 Å². The Labute approximate surface area is 391 Å². The molecule has 0 saturated carbocycles. The number of anilines is 9. The highest BCUT2D eigenvalue weighted by Gasteiger charge is 2.37. The first-order valence-corrected chi connectivity index (χ1v) is 23.0. The van der Waals surface area contributed by atoms with Gasteiger partial charge in [0.1, 0.15) is 11.2 Å². The first kappa shape index (κ1) is 40.0. The van der Waals surface area contributed by atoms with E-state index in [0.717, 1.165) is 84.3 Å². The first-order valence-electron chi connectivity index (χ1n) is 23.0. The van der Waals surface area contributed by atoms with Crippen molar-refractivity contribution in [3.05, 3.63) is 260 Å². The molecule has 0 radical (unpaired) electrons. The van der Waals surface area contributed by atoms with Gasteiger partial charge in [-0.25, -0.2) is 0 Å². The topological polar surface area (TPSA) is 22.9 Å². The van der Waals surface area contributed by atoms with Gasteiger partial charge in [0.25, 0.3) is 0 Å². The summed E-state index contributed by atoms with van der Waals surface area (Å²) in [6, 6.07) is 89.1. The van der Waals surface area contributed by atoms with E-state index in [2.05, 4.69) is 265 Å². The normalized spacial score (nSPS) is 12.4. The van der Waals surface area contributed by atoms with Crippen LogP contribution in [0.5, 0.6) is 0 Å². The molecule has 1 aromatic heterocycles. The van der Waals surface area contributed by atoms with E-state index >= 15 is 0 Å². The number of para-hydroxylation sites is 6. The van der Waals surface area contributed by atoms with Gasteiger partial charge in [-0.15, -0.1) is 0 Å². The van der Waals surface area contributed by atoms with Crippen molar-refractivity contribution in [2.24, 2.45) is 0 Å². The van der Waals surface area contributed by atoms with Crippen LogP contribution in [0.3, 0.4) is 0 Å². The monoisotopic (exact) mass is 861 g/mol. The predicted octanol–water partition coefficient (Wildman–Crippen LogP) is 18.0. The Kier molecular flexibility index (Phi) is 9.80. The van der Waals surface area contributed by atoms with E-state index in [1.165, 1.54) is 22.3 Å². The van der Waals surface area contributed by atoms with Crippen molar-refractivity contribution in [1.82, 2.24) is 0 Å². The van der Waals surface area contributed by atoms with Gasteiger partial charge in [-0.2, -0.15) is 0 Å². The summed E-state index contributed by atoms with van der Waals surface area (Å²) in [5, 5.41) is 2.26. The molecule has 0 unspecified atom stereocenters. The molecule has 0 amide bonds. The van der Waals surface area contributed by atoms with Crippen LogP contribution < -0.4 is 14.7 Å². The van der Waals surface area contributed by atoms with E-state index in [-0.39, 0.29) is 5.41 Å². The minimum Gasteiger partial charge on any atom is -0.455 e. The molecule has 4 nitrogen and oxygen atoms in total. The molecule has 67 heavy (non-hydrogen) atoms. The van der Waals surface area contributed by atoms with Crippen LogP contribution in [-0.4, -0.2) is 0 Å². The average molecular weight is 862 g/mol. The molecule has 1 aliphatic rings. The molecular weight excluding hydrogens is 815 g/mol. The molecule has 11 aromatic rings. The maximum atomic E-state index is 6.49. The maximum absolute atomic E-state index is 6.49. The summed E-state index contributed by atoms with van der Waals surface area (Å²) in [6.45, 7) is 4.74. The number of benzene rings is 10. The van der Waals surface area contributed by atoms with Crippen LogP contribution >= 0.6 is 0 Å². The molecule has 0 N–H and O–H groups in total. The molecule has 0 fully saturated rings. The third kappa shape index (κ3) is 7.02. The van der Waals surface area contributed by atoms with Crippen LogP contribution in [0.1, 0.15) is 25.0 Å². The van der Waals surface area contributed by atoms with E-state index in [0.29, 0.717) is 0 Å². The van der Waals surface area contributed by atoms with E-state index in [1.807, 2.05) is 12.1 Å². The van der Waals surface area contributed by atoms with Crippen molar-refractivity contribution in [2.45, 2.75) is 19.3 Å². The van der Waals surface area contributed by atoms with Crippen LogP contribution in [-0.2, 0) is 5.41 Å². The van der Waals surface area contributed by atoms with Crippen LogP contribution in [0.25, 0.3) is 44.2 Å². The molecule has 12 rings (SSSR count). The van der Waals surface area contributed by atoms with Gasteiger partial charge < -0.3 is 19.1 Å². The molecule has 0 aliphatic heterocycles. The number of hydrogen-bond donors (Lipinski definition) is 0. The lowest BCUT2D eigenvalue weighted by molar-refractivity contribution is 0.660. The van der Waals surface area contributed by atoms with E-state index in [9.17, 15) is 0 Å². The molecule has 320 valence electrons. The molecular formula is C63H47N3O. The first-order chi connectivity index (χ1) is 33.0. The van der Waals surface area contributed by atoms with Crippen LogP contribution in [0.2, 0.25) is 0 Å². The average Bonchev–Trinajstić information content (AvgIpc) is 3.88. The lowest BCUT2D eigenvalue weighted by Crippen LogP contribution is -2.17. The Bertz CT molecular complexity index is 3450. The zero-order valence-electron chi connectivity index (χ0n) is 37.4. The standard InChI is InChI=1S/C63H47N3O/c1-63(2)59-42-52(65(47-22-11-5-12-23-47)48-24-13-6-14-25-48)38-40-55(59)56-41-39-53(43-60(56)63)66(51-36-34-50(35-37-51)64(45-18-7-3-8-19-45)46-20-9-4-10-21-46)49-32-30-44(31-33-49)54-27-17-28-58-57-26-15-16-29-61(57)67-62(54)58/h3-43H,1-2H3. The fourth-order valence-electron chi connectivity index (χ4n) is 10.2. The van der Waals surface area contributed by atoms with Crippen molar-refractivity contribution in [3.63, 3.8) is 0 Å². The Morgan fingerprint density at radius 3 is 1.12 bits per heavy atom. The third-order valence-corrected chi connectivity index (χ3v) is 13.4. The highest BCUT2D eigenvalue weighted by Crippen LogP contribution is 2.53. The summed E-state index contributed by atoms with van der Waals surface area (Å²) in [7, 11) is 0. The number of rotatable bonds is 10. The quantitative estimate of drug-likeness (QED) is 0.137. The van der Waals surface area contributed by atoms with Gasteiger partial charge in [0, 0.05) is 72.9 Å².